The molecule has 0 radical (unpaired) electrons. The van der Waals surface area contributed by atoms with Crippen molar-refractivity contribution in [3.63, 3.8) is 0 Å². The first-order chi connectivity index (χ1) is 9.20. The van der Waals surface area contributed by atoms with Crippen LogP contribution in [0.25, 0.3) is 0 Å². The number of hydrogen-bond donors (Lipinski definition) is 1. The van der Waals surface area contributed by atoms with Gasteiger partial charge in [-0.25, -0.2) is 4.99 Å². The summed E-state index contributed by atoms with van der Waals surface area (Å²) in [6.45, 7) is 0. The highest BCUT2D eigenvalue weighted by Gasteiger charge is 2.06. The van der Waals surface area contributed by atoms with Crippen molar-refractivity contribution in [2.45, 2.75) is 57.4 Å². The molecule has 19 heavy (non-hydrogen) atoms. The topological polar surface area (TPSA) is 73.5 Å². The van der Waals surface area contributed by atoms with Crippen molar-refractivity contribution in [2.24, 2.45) is 4.99 Å². The third kappa shape index (κ3) is 13.3. The van der Waals surface area contributed by atoms with E-state index in [-0.39, 0.29) is 12.5 Å². The van der Waals surface area contributed by atoms with Gasteiger partial charge >= 0.3 is 5.97 Å². The first-order valence-corrected chi connectivity index (χ1v) is 7.89. The minimum atomic E-state index is -0.712. The Morgan fingerprint density at radius 1 is 1.26 bits per heavy atom. The van der Waals surface area contributed by atoms with Crippen molar-refractivity contribution < 1.29 is 9.90 Å². The van der Waals surface area contributed by atoms with E-state index in [0.29, 0.717) is 5.75 Å². The van der Waals surface area contributed by atoms with Crippen molar-refractivity contribution in [3.8, 4) is 5.40 Å². The molecule has 4 nitrogen and oxygen atoms in total. The Kier molecular flexibility index (Phi) is 12.9. The van der Waals surface area contributed by atoms with Crippen LogP contribution in [0.1, 0.15) is 51.4 Å². The van der Waals surface area contributed by atoms with Gasteiger partial charge in [-0.1, -0.05) is 32.1 Å². The van der Waals surface area contributed by atoms with Crippen LogP contribution in [0.5, 0.6) is 0 Å². The molecule has 0 fully saturated rings. The highest BCUT2D eigenvalue weighted by atomic mass is 32.2. The summed E-state index contributed by atoms with van der Waals surface area (Å²) in [4.78, 5) is 14.4. The van der Waals surface area contributed by atoms with Crippen LogP contribution >= 0.6 is 24.0 Å². The van der Waals surface area contributed by atoms with Gasteiger partial charge in [0.1, 0.15) is 5.40 Å². The van der Waals surface area contributed by atoms with Gasteiger partial charge in [0.2, 0.25) is 0 Å². The number of thiocarbonyl (C=S) groups is 1. The summed E-state index contributed by atoms with van der Waals surface area (Å²) >= 11 is 5.80. The van der Waals surface area contributed by atoms with E-state index in [2.05, 4.69) is 22.4 Å². The Morgan fingerprint density at radius 3 is 2.47 bits per heavy atom. The molecule has 0 aromatic carbocycles. The molecule has 0 saturated carbocycles. The molecule has 0 aromatic rings. The summed E-state index contributed by atoms with van der Waals surface area (Å²) in [6, 6.07) is 0.106. The number of carboxylic acids is 1. The molecule has 0 aliphatic heterocycles. The Bertz CT molecular complexity index is 336. The maximum absolute atomic E-state index is 10.3. The van der Waals surface area contributed by atoms with Gasteiger partial charge in [0.25, 0.3) is 0 Å². The van der Waals surface area contributed by atoms with Crippen LogP contribution in [-0.2, 0) is 4.79 Å². The smallest absolute Gasteiger partial charge is 0.303 e. The summed E-state index contributed by atoms with van der Waals surface area (Å²) in [5, 5.41) is 21.4. The first-order valence-electron chi connectivity index (χ1n) is 6.50. The molecule has 1 unspecified atom stereocenters. The number of carbonyl (C=O) groups is 1. The van der Waals surface area contributed by atoms with E-state index in [1.54, 1.807) is 0 Å². The molecule has 106 valence electrons. The number of rotatable bonds is 12. The molecule has 0 aliphatic rings. The van der Waals surface area contributed by atoms with Gasteiger partial charge in [-0.15, -0.1) is 0 Å². The second-order valence-corrected chi connectivity index (χ2v) is 5.32. The van der Waals surface area contributed by atoms with Gasteiger partial charge in [-0.3, -0.25) is 4.79 Å². The molecule has 1 N–H and O–H groups in total. The summed E-state index contributed by atoms with van der Waals surface area (Å²) < 4.78 is 0. The van der Waals surface area contributed by atoms with Crippen LogP contribution in [0.2, 0.25) is 0 Å². The third-order valence-electron chi connectivity index (χ3n) is 2.75. The summed E-state index contributed by atoms with van der Waals surface area (Å²) in [5.74, 6) is -0.0328. The third-order valence-corrected chi connectivity index (χ3v) is 3.54. The average molecular weight is 300 g/mol. The fourth-order valence-electron chi connectivity index (χ4n) is 1.76. The number of hydrogen-bond acceptors (Lipinski definition) is 5. The lowest BCUT2D eigenvalue weighted by Gasteiger charge is -2.07. The standard InChI is InChI=1S/C13H20N2O2S2/c14-10-19-9-12(15-11-18)7-5-3-1-2-4-6-8-13(16)17/h12H,1-9H2,(H,16,17). The zero-order valence-corrected chi connectivity index (χ0v) is 12.6. The van der Waals surface area contributed by atoms with Crippen LogP contribution < -0.4 is 0 Å². The molecule has 0 bridgehead atoms. The zero-order valence-electron chi connectivity index (χ0n) is 11.0. The predicted molar refractivity (Wildman–Crippen MR) is 81.5 cm³/mol. The second kappa shape index (κ2) is 13.5. The molecule has 6 heteroatoms. The Balaban J connectivity index is 3.47. The van der Waals surface area contributed by atoms with Crippen molar-refractivity contribution >= 4 is 35.1 Å². The lowest BCUT2D eigenvalue weighted by molar-refractivity contribution is -0.137. The molecule has 1 atom stereocenters. The largest absolute Gasteiger partial charge is 0.481 e. The van der Waals surface area contributed by atoms with Crippen molar-refractivity contribution in [1.82, 2.24) is 0 Å². The number of isothiocyanates is 1. The lowest BCUT2D eigenvalue weighted by atomic mass is 10.1. The normalized spacial score (nSPS) is 11.3. The summed E-state index contributed by atoms with van der Waals surface area (Å²) in [6.07, 6.45) is 7.36. The van der Waals surface area contributed by atoms with Gasteiger partial charge in [-0.2, -0.15) is 5.26 Å². The monoisotopic (exact) mass is 300 g/mol. The van der Waals surface area contributed by atoms with E-state index >= 15 is 0 Å². The van der Waals surface area contributed by atoms with Gasteiger partial charge in [0.15, 0.2) is 0 Å². The Labute approximate surface area is 124 Å². The van der Waals surface area contributed by atoms with E-state index in [1.165, 1.54) is 11.8 Å². The number of unbranched alkanes of at least 4 members (excludes halogenated alkanes) is 5. The summed E-state index contributed by atoms with van der Waals surface area (Å²) in [5.41, 5.74) is 0. The highest BCUT2D eigenvalue weighted by molar-refractivity contribution is 8.03. The highest BCUT2D eigenvalue weighted by Crippen LogP contribution is 2.14. The van der Waals surface area contributed by atoms with E-state index < -0.39 is 5.97 Å². The summed E-state index contributed by atoms with van der Waals surface area (Å²) in [7, 11) is 0. The minimum Gasteiger partial charge on any atom is -0.481 e. The van der Waals surface area contributed by atoms with Crippen molar-refractivity contribution in [2.75, 3.05) is 5.75 Å². The van der Waals surface area contributed by atoms with Gasteiger partial charge < -0.3 is 5.11 Å². The molecule has 0 heterocycles. The molecule has 0 spiro atoms. The van der Waals surface area contributed by atoms with Crippen LogP contribution in [0.4, 0.5) is 0 Å². The first kappa shape index (κ1) is 18.1. The van der Waals surface area contributed by atoms with E-state index in [9.17, 15) is 4.79 Å². The number of aliphatic imine (C=N–C) groups is 1. The quantitative estimate of drug-likeness (QED) is 0.256. The lowest BCUT2D eigenvalue weighted by Crippen LogP contribution is -2.07. The van der Waals surface area contributed by atoms with Crippen LogP contribution in [0.15, 0.2) is 4.99 Å². The molecular weight excluding hydrogens is 280 g/mol. The van der Waals surface area contributed by atoms with Gasteiger partial charge in [-0.05, 0) is 36.8 Å². The molecule has 0 aromatic heterocycles. The van der Waals surface area contributed by atoms with Crippen molar-refractivity contribution in [3.05, 3.63) is 0 Å². The molecule has 0 saturated heterocycles. The molecule has 0 amide bonds. The predicted octanol–water partition coefficient (Wildman–Crippen LogP) is 3.88. The Morgan fingerprint density at radius 2 is 1.89 bits per heavy atom. The van der Waals surface area contributed by atoms with Crippen LogP contribution in [-0.4, -0.2) is 28.0 Å². The van der Waals surface area contributed by atoms with Gasteiger partial charge in [0.05, 0.1) is 11.2 Å². The van der Waals surface area contributed by atoms with E-state index in [4.69, 9.17) is 10.4 Å². The number of nitriles is 1. The number of nitrogens with zero attached hydrogens (tertiary/aromatic N) is 2. The van der Waals surface area contributed by atoms with Crippen LogP contribution in [0, 0.1) is 10.7 Å². The molecular formula is C13H20N2O2S2. The fourth-order valence-corrected chi connectivity index (χ4v) is 2.41. The SMILES string of the molecule is N#CSCC(CCCCCCCCC(=O)O)N=C=S. The minimum absolute atomic E-state index is 0.106. The second-order valence-electron chi connectivity index (χ2n) is 4.33. The Hall–Kier alpha value is -0.890. The molecule has 0 aliphatic carbocycles. The molecule has 0 rings (SSSR count). The number of thioether (sulfide) groups is 1. The average Bonchev–Trinajstić information content (AvgIpc) is 2.38. The van der Waals surface area contributed by atoms with Crippen LogP contribution in [0.3, 0.4) is 0 Å². The number of thiocyanates is 1. The number of carboxylic acid groups (broad SMARTS) is 1. The van der Waals surface area contributed by atoms with E-state index in [1.807, 2.05) is 5.40 Å². The van der Waals surface area contributed by atoms with E-state index in [0.717, 1.165) is 44.9 Å². The maximum Gasteiger partial charge on any atom is 0.303 e. The fraction of sp³-hybridized carbons (Fsp3) is 0.769. The number of aliphatic carboxylic acids is 1. The zero-order chi connectivity index (χ0) is 14.3. The maximum atomic E-state index is 10.3. The van der Waals surface area contributed by atoms with Crippen molar-refractivity contribution in [1.29, 1.82) is 5.26 Å². The van der Waals surface area contributed by atoms with Gasteiger partial charge in [0, 0.05) is 12.2 Å².